The smallest absolute Gasteiger partial charge is 0.125 e. The average Bonchev–Trinajstić information content (AvgIpc) is 3.25. The summed E-state index contributed by atoms with van der Waals surface area (Å²) >= 11 is 0. The Morgan fingerprint density at radius 3 is 2.81 bits per heavy atom. The molecule has 2 heterocycles. The normalized spacial score (nSPS) is 35.8. The van der Waals surface area contributed by atoms with Crippen LogP contribution in [0.15, 0.2) is 18.2 Å². The minimum Gasteiger partial charge on any atom is -0.485 e. The topological polar surface area (TPSA) is 24.5 Å². The quantitative estimate of drug-likeness (QED) is 0.904. The molecule has 4 rings (SSSR count). The number of nitrogens with zero attached hydrogens (tertiary/aromatic N) is 1. The Morgan fingerprint density at radius 1 is 1.29 bits per heavy atom. The number of nitrogens with one attached hydrogen (secondary N) is 1. The Labute approximate surface area is 127 Å². The lowest BCUT2D eigenvalue weighted by molar-refractivity contribution is 0.0388. The van der Waals surface area contributed by atoms with Gasteiger partial charge in [0.05, 0.1) is 0 Å². The van der Waals surface area contributed by atoms with Crippen LogP contribution in [0.25, 0.3) is 0 Å². The summed E-state index contributed by atoms with van der Waals surface area (Å²) in [6, 6.07) is 8.51. The van der Waals surface area contributed by atoms with Crippen molar-refractivity contribution in [3.05, 3.63) is 29.3 Å². The van der Waals surface area contributed by atoms with Gasteiger partial charge in [0.25, 0.3) is 0 Å². The van der Waals surface area contributed by atoms with Gasteiger partial charge >= 0.3 is 0 Å². The molecule has 2 fully saturated rings. The van der Waals surface area contributed by atoms with Gasteiger partial charge in [-0.2, -0.15) is 0 Å². The van der Waals surface area contributed by atoms with E-state index in [-0.39, 0.29) is 5.60 Å². The molecule has 0 amide bonds. The summed E-state index contributed by atoms with van der Waals surface area (Å²) in [5.41, 5.74) is 2.66. The molecular formula is C18H26N2O. The van der Waals surface area contributed by atoms with E-state index < -0.39 is 0 Å². The van der Waals surface area contributed by atoms with E-state index in [2.05, 4.69) is 49.3 Å². The van der Waals surface area contributed by atoms with Crippen LogP contribution in [0.3, 0.4) is 0 Å². The number of likely N-dealkylation sites (tertiary alicyclic amines) is 1. The molecular weight excluding hydrogens is 260 g/mol. The predicted molar refractivity (Wildman–Crippen MR) is 84.8 cm³/mol. The van der Waals surface area contributed by atoms with Gasteiger partial charge in [-0.3, -0.25) is 4.90 Å². The van der Waals surface area contributed by atoms with Gasteiger partial charge in [0.15, 0.2) is 0 Å². The van der Waals surface area contributed by atoms with Gasteiger partial charge < -0.3 is 10.1 Å². The van der Waals surface area contributed by atoms with Crippen molar-refractivity contribution in [1.29, 1.82) is 0 Å². The van der Waals surface area contributed by atoms with Gasteiger partial charge in [0.1, 0.15) is 11.4 Å². The summed E-state index contributed by atoms with van der Waals surface area (Å²) in [5, 5.41) is 3.51. The highest BCUT2D eigenvalue weighted by Gasteiger charge is 2.51. The lowest BCUT2D eigenvalue weighted by Crippen LogP contribution is -2.46. The van der Waals surface area contributed by atoms with E-state index in [1.54, 1.807) is 0 Å². The number of hydrogen-bond donors (Lipinski definition) is 1. The van der Waals surface area contributed by atoms with Crippen LogP contribution in [0, 0.1) is 6.92 Å². The first-order chi connectivity index (χ1) is 10.1. The van der Waals surface area contributed by atoms with Crippen molar-refractivity contribution in [2.75, 3.05) is 13.6 Å². The molecule has 2 aliphatic heterocycles. The molecule has 3 nitrogen and oxygen atoms in total. The molecule has 0 bridgehead atoms. The molecule has 1 aromatic carbocycles. The van der Waals surface area contributed by atoms with E-state index in [0.29, 0.717) is 12.1 Å². The van der Waals surface area contributed by atoms with Crippen LogP contribution in [0.5, 0.6) is 5.75 Å². The molecule has 1 N–H and O–H groups in total. The zero-order valence-electron chi connectivity index (χ0n) is 13.4. The largest absolute Gasteiger partial charge is 0.485 e. The monoisotopic (exact) mass is 286 g/mol. The molecule has 3 aliphatic rings. The Kier molecular flexibility index (Phi) is 3.05. The molecule has 1 saturated carbocycles. The van der Waals surface area contributed by atoms with Gasteiger partial charge in [0.2, 0.25) is 0 Å². The number of hydrogen-bond acceptors (Lipinski definition) is 3. The third kappa shape index (κ3) is 2.27. The van der Waals surface area contributed by atoms with Crippen LogP contribution >= 0.6 is 0 Å². The number of fused-ring (bicyclic) bond motifs is 1. The number of rotatable bonds is 2. The number of ether oxygens (including phenoxy) is 1. The van der Waals surface area contributed by atoms with Gasteiger partial charge in [0, 0.05) is 43.1 Å². The number of aryl methyl sites for hydroxylation is 1. The second-order valence-electron chi connectivity index (χ2n) is 7.33. The van der Waals surface area contributed by atoms with Crippen LogP contribution in [0.4, 0.5) is 0 Å². The first-order valence-corrected chi connectivity index (χ1v) is 8.33. The molecule has 1 aromatic rings. The highest BCUT2D eigenvalue weighted by atomic mass is 16.5. The van der Waals surface area contributed by atoms with E-state index in [1.165, 1.54) is 24.0 Å². The van der Waals surface area contributed by atoms with Crippen molar-refractivity contribution in [2.45, 2.75) is 63.3 Å². The van der Waals surface area contributed by atoms with Crippen molar-refractivity contribution in [3.8, 4) is 5.75 Å². The van der Waals surface area contributed by atoms with Gasteiger partial charge in [-0.05, 0) is 39.8 Å². The molecule has 3 atom stereocenters. The summed E-state index contributed by atoms with van der Waals surface area (Å²) in [5.74, 6) is 1.09. The molecule has 3 heteroatoms. The van der Waals surface area contributed by atoms with Crippen molar-refractivity contribution in [1.82, 2.24) is 10.2 Å². The Bertz CT molecular complexity index is 554. The molecule has 0 aromatic heterocycles. The van der Waals surface area contributed by atoms with Crippen LogP contribution in [-0.4, -0.2) is 36.2 Å². The van der Waals surface area contributed by atoms with Gasteiger partial charge in [-0.25, -0.2) is 0 Å². The first kappa shape index (κ1) is 13.6. The maximum absolute atomic E-state index is 6.56. The fraction of sp³-hybridized carbons (Fsp3) is 0.667. The van der Waals surface area contributed by atoms with Gasteiger partial charge in [-0.15, -0.1) is 0 Å². The second kappa shape index (κ2) is 4.72. The summed E-state index contributed by atoms with van der Waals surface area (Å²) in [6.45, 7) is 5.63. The zero-order valence-corrected chi connectivity index (χ0v) is 13.4. The average molecular weight is 286 g/mol. The minimum atomic E-state index is 0.0118. The van der Waals surface area contributed by atoms with Crippen molar-refractivity contribution in [3.63, 3.8) is 0 Å². The fourth-order valence-electron chi connectivity index (χ4n) is 4.37. The molecule has 1 aliphatic carbocycles. The predicted octanol–water partition coefficient (Wildman–Crippen LogP) is 3.03. The summed E-state index contributed by atoms with van der Waals surface area (Å²) < 4.78 is 6.56. The van der Waals surface area contributed by atoms with E-state index in [1.807, 2.05) is 0 Å². The lowest BCUT2D eigenvalue weighted by atomic mass is 9.85. The Hall–Kier alpha value is -1.06. The van der Waals surface area contributed by atoms with E-state index in [0.717, 1.165) is 31.2 Å². The lowest BCUT2D eigenvalue weighted by Gasteiger charge is -2.40. The van der Waals surface area contributed by atoms with E-state index >= 15 is 0 Å². The summed E-state index contributed by atoms with van der Waals surface area (Å²) in [4.78, 5) is 2.69. The highest BCUT2D eigenvalue weighted by molar-refractivity contribution is 5.42. The fourth-order valence-corrected chi connectivity index (χ4v) is 4.37. The maximum Gasteiger partial charge on any atom is 0.125 e. The second-order valence-corrected chi connectivity index (χ2v) is 7.33. The number of benzene rings is 1. The Balaban J connectivity index is 1.65. The zero-order chi connectivity index (χ0) is 14.6. The van der Waals surface area contributed by atoms with Crippen molar-refractivity contribution in [2.24, 2.45) is 0 Å². The Morgan fingerprint density at radius 2 is 2.10 bits per heavy atom. The molecule has 21 heavy (non-hydrogen) atoms. The molecule has 114 valence electrons. The SMILES string of the molecule is CNC1CC2(CC(C)N(C3CC3)C2)Oc2ccc(C)cc21. The van der Waals surface area contributed by atoms with Crippen molar-refractivity contribution >= 4 is 0 Å². The van der Waals surface area contributed by atoms with Gasteiger partial charge in [-0.1, -0.05) is 17.7 Å². The van der Waals surface area contributed by atoms with Crippen molar-refractivity contribution < 1.29 is 4.74 Å². The first-order valence-electron chi connectivity index (χ1n) is 8.33. The third-order valence-electron chi connectivity index (χ3n) is 5.51. The molecule has 0 radical (unpaired) electrons. The third-order valence-corrected chi connectivity index (χ3v) is 5.51. The molecule has 1 spiro atoms. The van der Waals surface area contributed by atoms with Crippen LogP contribution < -0.4 is 10.1 Å². The van der Waals surface area contributed by atoms with E-state index in [4.69, 9.17) is 4.74 Å². The molecule has 3 unspecified atom stereocenters. The summed E-state index contributed by atoms with van der Waals surface area (Å²) in [7, 11) is 2.08. The molecule has 1 saturated heterocycles. The standard InChI is InChI=1S/C18H26N2O/c1-12-4-7-17-15(8-12)16(19-3)10-18(21-17)9-13(2)20(11-18)14-5-6-14/h4,7-8,13-14,16,19H,5-6,9-11H2,1-3H3. The maximum atomic E-state index is 6.56. The van der Waals surface area contributed by atoms with Crippen LogP contribution in [-0.2, 0) is 0 Å². The van der Waals surface area contributed by atoms with Crippen LogP contribution in [0.2, 0.25) is 0 Å². The van der Waals surface area contributed by atoms with Crippen LogP contribution in [0.1, 0.15) is 49.8 Å². The van der Waals surface area contributed by atoms with E-state index in [9.17, 15) is 0 Å². The highest BCUT2D eigenvalue weighted by Crippen LogP contribution is 2.47. The summed E-state index contributed by atoms with van der Waals surface area (Å²) in [6.07, 6.45) is 5.01. The minimum absolute atomic E-state index is 0.0118.